The van der Waals surface area contributed by atoms with Crippen LogP contribution in [0.2, 0.25) is 0 Å². The zero-order valence-corrected chi connectivity index (χ0v) is 25.1. The number of piperazine rings is 1. The molecule has 9 nitrogen and oxygen atoms in total. The van der Waals surface area contributed by atoms with Crippen LogP contribution in [-0.4, -0.2) is 103 Å². The van der Waals surface area contributed by atoms with Crippen molar-refractivity contribution in [1.29, 1.82) is 0 Å². The van der Waals surface area contributed by atoms with Gasteiger partial charge in [-0.2, -0.15) is 4.98 Å². The lowest BCUT2D eigenvalue weighted by Crippen LogP contribution is -2.47. The van der Waals surface area contributed by atoms with Gasteiger partial charge in [-0.1, -0.05) is 0 Å². The highest BCUT2D eigenvalue weighted by atomic mass is 19.1. The molecule has 0 aliphatic carbocycles. The Morgan fingerprint density at radius 2 is 1.69 bits per heavy atom. The summed E-state index contributed by atoms with van der Waals surface area (Å²) >= 11 is 0. The highest BCUT2D eigenvalue weighted by molar-refractivity contribution is 5.94. The Labute approximate surface area is 248 Å². The molecule has 3 saturated heterocycles. The van der Waals surface area contributed by atoms with Gasteiger partial charge in [0.25, 0.3) is 5.91 Å². The number of aryl methyl sites for hydroxylation is 1. The quantitative estimate of drug-likeness (QED) is 0.438. The first-order chi connectivity index (χ1) is 20.3. The number of benzene rings is 1. The van der Waals surface area contributed by atoms with Crippen LogP contribution < -0.4 is 14.7 Å². The monoisotopic (exact) mass is 572 g/mol. The maximum atomic E-state index is 13.6. The van der Waals surface area contributed by atoms with Crippen molar-refractivity contribution in [2.75, 3.05) is 74.6 Å². The molecule has 6 rings (SSSR count). The second-order valence-corrected chi connectivity index (χ2v) is 12.1. The van der Waals surface area contributed by atoms with Crippen molar-refractivity contribution >= 4 is 23.5 Å². The molecule has 0 saturated carbocycles. The average Bonchev–Trinajstić information content (AvgIpc) is 3.67. The Hall–Kier alpha value is -3.79. The molecule has 1 amide bonds. The number of hydrogen-bond acceptors (Lipinski definition) is 8. The molecule has 10 heteroatoms. The highest BCUT2D eigenvalue weighted by Gasteiger charge is 2.30. The molecule has 3 aliphatic heterocycles. The molecule has 5 heterocycles. The van der Waals surface area contributed by atoms with E-state index in [9.17, 15) is 9.18 Å². The number of likely N-dealkylation sites (N-methyl/N-ethyl adjacent to an activating group) is 1. The van der Waals surface area contributed by atoms with Gasteiger partial charge >= 0.3 is 0 Å². The lowest BCUT2D eigenvalue weighted by atomic mass is 10.1. The molecule has 2 aromatic heterocycles. The second kappa shape index (κ2) is 11.8. The van der Waals surface area contributed by atoms with Crippen molar-refractivity contribution in [3.63, 3.8) is 0 Å². The Morgan fingerprint density at radius 1 is 0.952 bits per heavy atom. The van der Waals surface area contributed by atoms with Crippen LogP contribution in [0.1, 0.15) is 42.1 Å². The van der Waals surface area contributed by atoms with E-state index in [1.54, 1.807) is 18.3 Å². The number of hydrogen-bond donors (Lipinski definition) is 0. The molecule has 3 aliphatic rings. The number of aromatic nitrogens is 3. The van der Waals surface area contributed by atoms with Gasteiger partial charge in [0, 0.05) is 75.7 Å². The van der Waals surface area contributed by atoms with E-state index in [-0.39, 0.29) is 11.7 Å². The van der Waals surface area contributed by atoms with Crippen molar-refractivity contribution in [2.45, 2.75) is 45.2 Å². The van der Waals surface area contributed by atoms with Gasteiger partial charge in [-0.15, -0.1) is 0 Å². The number of carbonyl (C=O) groups excluding carboxylic acids is 1. The first-order valence-electron chi connectivity index (χ1n) is 15.1. The minimum atomic E-state index is -0.257. The molecule has 3 fully saturated rings. The van der Waals surface area contributed by atoms with E-state index in [1.165, 1.54) is 12.1 Å². The summed E-state index contributed by atoms with van der Waals surface area (Å²) in [5.74, 6) is 2.38. The standard InChI is InChI=1S/C32H41FN8O/c1-22-18-25(31(42)40-13-11-27(21-40)37(3)4)20-34-30(22)39-16-14-38(15-17-39)29-19-28(24-7-9-26(33)10-8-24)35-32(36-29)41-12-5-6-23(41)2/h7-10,18-20,23,27H,5-6,11-17,21H2,1-4H3. The van der Waals surface area contributed by atoms with Crippen LogP contribution in [-0.2, 0) is 0 Å². The number of anilines is 3. The van der Waals surface area contributed by atoms with Gasteiger partial charge < -0.3 is 24.5 Å². The van der Waals surface area contributed by atoms with Crippen molar-refractivity contribution in [3.05, 3.63) is 59.5 Å². The topological polar surface area (TPSA) is 71.9 Å². The van der Waals surface area contributed by atoms with Crippen molar-refractivity contribution in [2.24, 2.45) is 0 Å². The van der Waals surface area contributed by atoms with Crippen LogP contribution >= 0.6 is 0 Å². The fraction of sp³-hybridized carbons (Fsp3) is 0.500. The fourth-order valence-electron chi connectivity index (χ4n) is 6.40. The zero-order chi connectivity index (χ0) is 29.4. The third-order valence-electron chi connectivity index (χ3n) is 9.03. The summed E-state index contributed by atoms with van der Waals surface area (Å²) in [5, 5.41) is 0. The minimum Gasteiger partial charge on any atom is -0.353 e. The molecule has 222 valence electrons. The van der Waals surface area contributed by atoms with E-state index in [4.69, 9.17) is 15.0 Å². The maximum absolute atomic E-state index is 13.6. The summed E-state index contributed by atoms with van der Waals surface area (Å²) < 4.78 is 13.6. The van der Waals surface area contributed by atoms with Crippen LogP contribution in [0.3, 0.4) is 0 Å². The van der Waals surface area contributed by atoms with Gasteiger partial charge in [0.05, 0.1) is 11.3 Å². The molecular formula is C32H41FN8O. The average molecular weight is 573 g/mol. The van der Waals surface area contributed by atoms with E-state index in [2.05, 4.69) is 40.6 Å². The van der Waals surface area contributed by atoms with Crippen LogP contribution in [0.15, 0.2) is 42.6 Å². The first kappa shape index (κ1) is 28.3. The molecule has 2 atom stereocenters. The SMILES string of the molecule is Cc1cc(C(=O)N2CCC(N(C)C)C2)cnc1N1CCN(c2cc(-c3ccc(F)cc3)nc(N3CCCC3C)n2)CC1. The summed E-state index contributed by atoms with van der Waals surface area (Å²) in [4.78, 5) is 38.9. The third kappa shape index (κ3) is 5.77. The molecule has 2 unspecified atom stereocenters. The van der Waals surface area contributed by atoms with Crippen LogP contribution in [0.25, 0.3) is 11.3 Å². The van der Waals surface area contributed by atoms with Gasteiger partial charge in [0.2, 0.25) is 5.95 Å². The summed E-state index contributed by atoms with van der Waals surface area (Å²) in [6.45, 7) is 9.92. The van der Waals surface area contributed by atoms with Crippen LogP contribution in [0.5, 0.6) is 0 Å². The van der Waals surface area contributed by atoms with Crippen molar-refractivity contribution in [1.82, 2.24) is 24.8 Å². The maximum Gasteiger partial charge on any atom is 0.255 e. The molecule has 3 aromatic rings. The van der Waals surface area contributed by atoms with Gasteiger partial charge in [-0.25, -0.2) is 14.4 Å². The largest absolute Gasteiger partial charge is 0.353 e. The molecule has 0 spiro atoms. The van der Waals surface area contributed by atoms with E-state index in [0.29, 0.717) is 17.6 Å². The molecule has 0 bridgehead atoms. The second-order valence-electron chi connectivity index (χ2n) is 12.1. The lowest BCUT2D eigenvalue weighted by Gasteiger charge is -2.37. The molecule has 0 radical (unpaired) electrons. The van der Waals surface area contributed by atoms with E-state index < -0.39 is 0 Å². The summed E-state index contributed by atoms with van der Waals surface area (Å²) in [7, 11) is 4.14. The number of rotatable bonds is 6. The molecule has 1 aromatic carbocycles. The smallest absolute Gasteiger partial charge is 0.255 e. The number of carbonyl (C=O) groups is 1. The first-order valence-corrected chi connectivity index (χ1v) is 15.1. The van der Waals surface area contributed by atoms with Crippen LogP contribution in [0.4, 0.5) is 22.0 Å². The Balaban J connectivity index is 1.17. The predicted octanol–water partition coefficient (Wildman–Crippen LogP) is 4.08. The van der Waals surface area contributed by atoms with Gasteiger partial charge in [0.15, 0.2) is 0 Å². The van der Waals surface area contributed by atoms with Crippen LogP contribution in [0, 0.1) is 12.7 Å². The number of pyridine rings is 1. The molecule has 42 heavy (non-hydrogen) atoms. The van der Waals surface area contributed by atoms with E-state index in [0.717, 1.165) is 99.5 Å². The number of halogens is 1. The van der Waals surface area contributed by atoms with E-state index >= 15 is 0 Å². The van der Waals surface area contributed by atoms with Gasteiger partial charge in [-0.05, 0) is 83.1 Å². The number of nitrogens with zero attached hydrogens (tertiary/aromatic N) is 8. The summed E-state index contributed by atoms with van der Waals surface area (Å²) in [6, 6.07) is 11.3. The fourth-order valence-corrected chi connectivity index (χ4v) is 6.40. The third-order valence-corrected chi connectivity index (χ3v) is 9.03. The Kier molecular flexibility index (Phi) is 7.98. The zero-order valence-electron chi connectivity index (χ0n) is 25.1. The predicted molar refractivity (Wildman–Crippen MR) is 165 cm³/mol. The van der Waals surface area contributed by atoms with E-state index in [1.807, 2.05) is 24.0 Å². The number of amides is 1. The minimum absolute atomic E-state index is 0.0650. The summed E-state index contributed by atoms with van der Waals surface area (Å²) in [6.07, 6.45) is 5.00. The van der Waals surface area contributed by atoms with Crippen molar-refractivity contribution < 1.29 is 9.18 Å². The molecular weight excluding hydrogens is 531 g/mol. The van der Waals surface area contributed by atoms with Gasteiger partial charge in [0.1, 0.15) is 17.5 Å². The van der Waals surface area contributed by atoms with Crippen molar-refractivity contribution in [3.8, 4) is 11.3 Å². The Morgan fingerprint density at radius 3 is 2.33 bits per heavy atom. The highest BCUT2D eigenvalue weighted by Crippen LogP contribution is 2.30. The number of likely N-dealkylation sites (tertiary alicyclic amines) is 1. The summed E-state index contributed by atoms with van der Waals surface area (Å²) in [5.41, 5.74) is 3.37. The molecule has 0 N–H and O–H groups in total. The van der Waals surface area contributed by atoms with Gasteiger partial charge in [-0.3, -0.25) is 4.79 Å². The normalized spacial score (nSPS) is 21.1. The Bertz CT molecular complexity index is 1420. The lowest BCUT2D eigenvalue weighted by molar-refractivity contribution is 0.0782.